The number of carbonyl (C=O) groups is 2. The molecule has 1 aromatic rings. The quantitative estimate of drug-likeness (QED) is 0.831. The van der Waals surface area contributed by atoms with E-state index in [2.05, 4.69) is 5.32 Å². The van der Waals surface area contributed by atoms with Gasteiger partial charge in [0.25, 0.3) is 0 Å². The van der Waals surface area contributed by atoms with Crippen molar-refractivity contribution in [3.63, 3.8) is 0 Å². The third kappa shape index (κ3) is 6.60. The second-order valence-corrected chi connectivity index (χ2v) is 5.41. The van der Waals surface area contributed by atoms with E-state index in [0.717, 1.165) is 18.3 Å². The van der Waals surface area contributed by atoms with E-state index in [0.29, 0.717) is 6.42 Å². The topological polar surface area (TPSA) is 55.4 Å². The lowest BCUT2D eigenvalue weighted by Crippen LogP contribution is -2.40. The summed E-state index contributed by atoms with van der Waals surface area (Å²) >= 11 is 0. The zero-order valence-corrected chi connectivity index (χ0v) is 11.7. The summed E-state index contributed by atoms with van der Waals surface area (Å²) in [5.41, 5.74) is 0.581. The van der Waals surface area contributed by atoms with Gasteiger partial charge in [-0.3, -0.25) is 0 Å². The number of alkyl carbamates (subject to hydrolysis) is 1. The molecule has 1 rings (SSSR count). The van der Waals surface area contributed by atoms with Crippen molar-refractivity contribution in [3.8, 4) is 0 Å². The van der Waals surface area contributed by atoms with Crippen LogP contribution in [0, 0.1) is 0 Å². The van der Waals surface area contributed by atoms with Crippen molar-refractivity contribution >= 4 is 12.4 Å². The summed E-state index contributed by atoms with van der Waals surface area (Å²) in [6, 6.07) is 9.32. The highest BCUT2D eigenvalue weighted by atomic mass is 16.6. The number of benzene rings is 1. The van der Waals surface area contributed by atoms with Gasteiger partial charge in [0.05, 0.1) is 6.04 Å². The minimum Gasteiger partial charge on any atom is -0.444 e. The van der Waals surface area contributed by atoms with Crippen LogP contribution in [0.4, 0.5) is 4.79 Å². The first-order valence-electron chi connectivity index (χ1n) is 6.39. The van der Waals surface area contributed by atoms with Gasteiger partial charge >= 0.3 is 6.09 Å². The number of aryl methyl sites for hydroxylation is 1. The van der Waals surface area contributed by atoms with Gasteiger partial charge in [-0.25, -0.2) is 4.79 Å². The standard InChI is InChI=1S/C15H21NO3/c1-15(2,3)19-14(18)16-13(11-17)10-9-12-7-5-4-6-8-12/h4-8,11,13H,9-10H2,1-3H3,(H,16,18). The van der Waals surface area contributed by atoms with Gasteiger partial charge in [0.15, 0.2) is 0 Å². The molecular weight excluding hydrogens is 242 g/mol. The van der Waals surface area contributed by atoms with E-state index in [1.165, 1.54) is 0 Å². The number of hydrogen-bond acceptors (Lipinski definition) is 3. The van der Waals surface area contributed by atoms with Gasteiger partial charge < -0.3 is 14.8 Å². The van der Waals surface area contributed by atoms with Crippen LogP contribution >= 0.6 is 0 Å². The molecule has 0 heterocycles. The second kappa shape index (κ2) is 6.92. The summed E-state index contributed by atoms with van der Waals surface area (Å²) in [7, 11) is 0. The molecule has 0 saturated carbocycles. The molecule has 0 aromatic heterocycles. The molecule has 4 heteroatoms. The Labute approximate surface area is 114 Å². The van der Waals surface area contributed by atoms with Gasteiger partial charge in [-0.15, -0.1) is 0 Å². The molecule has 0 bridgehead atoms. The van der Waals surface area contributed by atoms with Crippen LogP contribution in [0.2, 0.25) is 0 Å². The maximum atomic E-state index is 11.5. The number of nitrogens with one attached hydrogen (secondary N) is 1. The molecule has 0 saturated heterocycles. The molecule has 104 valence electrons. The highest BCUT2D eigenvalue weighted by Gasteiger charge is 2.18. The number of rotatable bonds is 5. The van der Waals surface area contributed by atoms with Crippen LogP contribution in [-0.2, 0) is 16.0 Å². The lowest BCUT2D eigenvalue weighted by atomic mass is 10.1. The first kappa shape index (κ1) is 15.2. The molecule has 19 heavy (non-hydrogen) atoms. The van der Waals surface area contributed by atoms with Crippen LogP contribution in [0.3, 0.4) is 0 Å². The molecule has 0 radical (unpaired) electrons. The van der Waals surface area contributed by atoms with Crippen LogP contribution in [0.15, 0.2) is 30.3 Å². The van der Waals surface area contributed by atoms with Crippen molar-refractivity contribution < 1.29 is 14.3 Å². The van der Waals surface area contributed by atoms with Crippen molar-refractivity contribution in [2.75, 3.05) is 0 Å². The van der Waals surface area contributed by atoms with Crippen molar-refractivity contribution in [1.29, 1.82) is 0 Å². The van der Waals surface area contributed by atoms with Gasteiger partial charge in [-0.1, -0.05) is 30.3 Å². The lowest BCUT2D eigenvalue weighted by Gasteiger charge is -2.21. The average molecular weight is 263 g/mol. The number of amides is 1. The van der Waals surface area contributed by atoms with E-state index in [4.69, 9.17) is 4.74 Å². The first-order valence-corrected chi connectivity index (χ1v) is 6.39. The third-order valence-electron chi connectivity index (χ3n) is 2.45. The summed E-state index contributed by atoms with van der Waals surface area (Å²) < 4.78 is 5.11. The van der Waals surface area contributed by atoms with Crippen molar-refractivity contribution in [2.24, 2.45) is 0 Å². The normalized spacial score (nSPS) is 12.6. The Hall–Kier alpha value is -1.84. The summed E-state index contributed by atoms with van der Waals surface area (Å²) in [6.45, 7) is 5.35. The summed E-state index contributed by atoms with van der Waals surface area (Å²) in [5, 5.41) is 2.56. The zero-order valence-electron chi connectivity index (χ0n) is 11.7. The second-order valence-electron chi connectivity index (χ2n) is 5.41. The predicted molar refractivity (Wildman–Crippen MR) is 74.0 cm³/mol. The van der Waals surface area contributed by atoms with E-state index in [1.807, 2.05) is 30.3 Å². The van der Waals surface area contributed by atoms with E-state index < -0.39 is 17.7 Å². The number of carbonyl (C=O) groups excluding carboxylic acids is 2. The molecule has 0 fully saturated rings. The number of hydrogen-bond donors (Lipinski definition) is 1. The molecule has 1 N–H and O–H groups in total. The molecule has 0 spiro atoms. The molecule has 1 unspecified atom stereocenters. The molecule has 1 aromatic carbocycles. The molecule has 1 amide bonds. The zero-order chi connectivity index (χ0) is 14.3. The van der Waals surface area contributed by atoms with Crippen molar-refractivity contribution in [1.82, 2.24) is 5.32 Å². The smallest absolute Gasteiger partial charge is 0.408 e. The van der Waals surface area contributed by atoms with E-state index in [-0.39, 0.29) is 0 Å². The molecule has 0 aliphatic carbocycles. The van der Waals surface area contributed by atoms with Crippen molar-refractivity contribution in [3.05, 3.63) is 35.9 Å². The SMILES string of the molecule is CC(C)(C)OC(=O)NC(C=O)CCc1ccccc1. The highest BCUT2D eigenvalue weighted by Crippen LogP contribution is 2.08. The Morgan fingerprint density at radius 3 is 2.47 bits per heavy atom. The Balaban J connectivity index is 2.42. The minimum absolute atomic E-state index is 0.518. The molecule has 1 atom stereocenters. The Kier molecular flexibility index (Phi) is 5.55. The van der Waals surface area contributed by atoms with Crippen LogP contribution in [0.25, 0.3) is 0 Å². The predicted octanol–water partition coefficient (Wildman–Crippen LogP) is 2.71. The van der Waals surface area contributed by atoms with E-state index in [9.17, 15) is 9.59 Å². The molecule has 0 aliphatic heterocycles. The lowest BCUT2D eigenvalue weighted by molar-refractivity contribution is -0.109. The first-order chi connectivity index (χ1) is 8.90. The largest absolute Gasteiger partial charge is 0.444 e. The Morgan fingerprint density at radius 2 is 1.95 bits per heavy atom. The van der Waals surface area contributed by atoms with Crippen molar-refractivity contribution in [2.45, 2.75) is 45.3 Å². The highest BCUT2D eigenvalue weighted by molar-refractivity contribution is 5.73. The van der Waals surface area contributed by atoms with Gasteiger partial charge in [-0.05, 0) is 39.2 Å². The fourth-order valence-electron chi connectivity index (χ4n) is 1.60. The maximum absolute atomic E-state index is 11.5. The summed E-state index contributed by atoms with van der Waals surface area (Å²) in [5.74, 6) is 0. The van der Waals surface area contributed by atoms with Gasteiger partial charge in [-0.2, -0.15) is 0 Å². The van der Waals surface area contributed by atoms with Gasteiger partial charge in [0, 0.05) is 0 Å². The van der Waals surface area contributed by atoms with E-state index >= 15 is 0 Å². The average Bonchev–Trinajstić information content (AvgIpc) is 2.33. The van der Waals surface area contributed by atoms with Crippen LogP contribution in [-0.4, -0.2) is 24.0 Å². The monoisotopic (exact) mass is 263 g/mol. The molecular formula is C15H21NO3. The number of aldehydes is 1. The van der Waals surface area contributed by atoms with Crippen LogP contribution in [0.5, 0.6) is 0 Å². The fourth-order valence-corrected chi connectivity index (χ4v) is 1.60. The number of ether oxygens (including phenoxy) is 1. The maximum Gasteiger partial charge on any atom is 0.408 e. The van der Waals surface area contributed by atoms with Crippen LogP contribution in [0.1, 0.15) is 32.8 Å². The molecule has 0 aliphatic rings. The Morgan fingerprint density at radius 1 is 1.32 bits per heavy atom. The van der Waals surface area contributed by atoms with Gasteiger partial charge in [0.1, 0.15) is 11.9 Å². The summed E-state index contributed by atoms with van der Waals surface area (Å²) in [4.78, 5) is 22.5. The Bertz CT molecular complexity index is 409. The van der Waals surface area contributed by atoms with E-state index in [1.54, 1.807) is 20.8 Å². The minimum atomic E-state index is -0.559. The summed E-state index contributed by atoms with van der Waals surface area (Å²) in [6.07, 6.45) is 1.48. The van der Waals surface area contributed by atoms with Crippen LogP contribution < -0.4 is 5.32 Å². The third-order valence-corrected chi connectivity index (χ3v) is 2.45. The fraction of sp³-hybridized carbons (Fsp3) is 0.467. The molecule has 4 nitrogen and oxygen atoms in total. The van der Waals surface area contributed by atoms with Gasteiger partial charge in [0.2, 0.25) is 0 Å².